The molecular formula is C25H27NO4. The van der Waals surface area contributed by atoms with Crippen LogP contribution in [0.5, 0.6) is 0 Å². The molecule has 1 aliphatic heterocycles. The summed E-state index contributed by atoms with van der Waals surface area (Å²) in [6, 6.07) is 17.2. The zero-order valence-electron chi connectivity index (χ0n) is 17.7. The summed E-state index contributed by atoms with van der Waals surface area (Å²) in [6.07, 6.45) is 1.26. The molecule has 0 N–H and O–H groups in total. The number of para-hydroxylation sites is 1. The van der Waals surface area contributed by atoms with Gasteiger partial charge in [-0.3, -0.25) is 9.59 Å². The van der Waals surface area contributed by atoms with Crippen molar-refractivity contribution in [3.8, 4) is 0 Å². The first-order chi connectivity index (χ1) is 14.2. The summed E-state index contributed by atoms with van der Waals surface area (Å²) in [5.74, 6) is -0.263. The van der Waals surface area contributed by atoms with Gasteiger partial charge in [0.2, 0.25) is 5.91 Å². The number of amides is 2. The zero-order chi connectivity index (χ0) is 21.5. The second-order valence-corrected chi connectivity index (χ2v) is 9.25. The number of anilines is 1. The monoisotopic (exact) mass is 405 g/mol. The standard InChI is InChI=1S/C25H27NO4/c1-24(2,3)30-23(29)26-21-12-8-7-11-20(21)25(22(26)28,18-13-14-19(27)15-18)16-17-9-5-4-6-10-17/h4-12,18H,13-16H2,1-3H3. The molecule has 30 heavy (non-hydrogen) atoms. The first kappa shape index (κ1) is 20.3. The van der Waals surface area contributed by atoms with Crippen molar-refractivity contribution in [2.75, 3.05) is 4.90 Å². The van der Waals surface area contributed by atoms with E-state index in [1.165, 1.54) is 4.90 Å². The molecule has 2 aliphatic rings. The molecule has 1 fully saturated rings. The van der Waals surface area contributed by atoms with E-state index >= 15 is 0 Å². The highest BCUT2D eigenvalue weighted by atomic mass is 16.6. The van der Waals surface area contributed by atoms with Crippen molar-refractivity contribution >= 4 is 23.5 Å². The fourth-order valence-electron chi connectivity index (χ4n) is 4.82. The summed E-state index contributed by atoms with van der Waals surface area (Å²) in [6.45, 7) is 5.35. The molecule has 0 saturated heterocycles. The topological polar surface area (TPSA) is 63.7 Å². The number of imide groups is 1. The average Bonchev–Trinajstić information content (AvgIpc) is 3.22. The van der Waals surface area contributed by atoms with E-state index in [2.05, 4.69) is 0 Å². The smallest absolute Gasteiger partial charge is 0.421 e. The highest BCUT2D eigenvalue weighted by Crippen LogP contribution is 2.52. The zero-order valence-corrected chi connectivity index (χ0v) is 17.7. The molecule has 5 heteroatoms. The minimum Gasteiger partial charge on any atom is -0.443 e. The van der Waals surface area contributed by atoms with Crippen molar-refractivity contribution in [1.29, 1.82) is 0 Å². The summed E-state index contributed by atoms with van der Waals surface area (Å²) in [7, 11) is 0. The lowest BCUT2D eigenvalue weighted by Gasteiger charge is -2.34. The second-order valence-electron chi connectivity index (χ2n) is 9.25. The molecule has 2 unspecified atom stereocenters. The number of ketones is 1. The van der Waals surface area contributed by atoms with E-state index in [-0.39, 0.29) is 17.6 Å². The molecule has 4 rings (SSSR count). The predicted molar refractivity (Wildman–Crippen MR) is 114 cm³/mol. The second kappa shape index (κ2) is 7.38. The quantitative estimate of drug-likeness (QED) is 0.735. The van der Waals surface area contributed by atoms with Crippen LogP contribution in [-0.2, 0) is 26.2 Å². The Morgan fingerprint density at radius 1 is 1.07 bits per heavy atom. The van der Waals surface area contributed by atoms with Gasteiger partial charge in [-0.05, 0) is 56.7 Å². The maximum atomic E-state index is 14.0. The molecule has 0 radical (unpaired) electrons. The largest absolute Gasteiger partial charge is 0.443 e. The van der Waals surface area contributed by atoms with Gasteiger partial charge in [-0.2, -0.15) is 0 Å². The van der Waals surface area contributed by atoms with Crippen LogP contribution in [0, 0.1) is 5.92 Å². The Bertz CT molecular complexity index is 992. The third-order valence-corrected chi connectivity index (χ3v) is 6.05. The predicted octanol–water partition coefficient (Wildman–Crippen LogP) is 4.82. The van der Waals surface area contributed by atoms with Crippen molar-refractivity contribution in [1.82, 2.24) is 0 Å². The van der Waals surface area contributed by atoms with Gasteiger partial charge in [-0.1, -0.05) is 48.5 Å². The molecule has 2 amide bonds. The Morgan fingerprint density at radius 2 is 1.73 bits per heavy atom. The third kappa shape index (κ3) is 3.42. The molecule has 1 aliphatic carbocycles. The summed E-state index contributed by atoms with van der Waals surface area (Å²) < 4.78 is 5.58. The molecule has 1 saturated carbocycles. The lowest BCUT2D eigenvalue weighted by atomic mass is 9.66. The summed E-state index contributed by atoms with van der Waals surface area (Å²) >= 11 is 0. The van der Waals surface area contributed by atoms with Crippen LogP contribution in [-0.4, -0.2) is 23.4 Å². The van der Waals surface area contributed by atoms with E-state index in [9.17, 15) is 14.4 Å². The van der Waals surface area contributed by atoms with Crippen LogP contribution in [0.2, 0.25) is 0 Å². The molecule has 156 valence electrons. The van der Waals surface area contributed by atoms with E-state index in [1.807, 2.05) is 48.5 Å². The van der Waals surface area contributed by atoms with Gasteiger partial charge < -0.3 is 4.74 Å². The number of Topliss-reactive ketones (excluding diaryl/α,β-unsaturated/α-hetero) is 1. The number of fused-ring (bicyclic) bond motifs is 1. The molecule has 2 aromatic carbocycles. The fourth-order valence-corrected chi connectivity index (χ4v) is 4.82. The maximum absolute atomic E-state index is 14.0. The lowest BCUT2D eigenvalue weighted by Crippen LogP contribution is -2.49. The number of hydrogen-bond acceptors (Lipinski definition) is 4. The van der Waals surface area contributed by atoms with E-state index in [0.717, 1.165) is 11.1 Å². The fraction of sp³-hybridized carbons (Fsp3) is 0.400. The number of benzene rings is 2. The van der Waals surface area contributed by atoms with Gasteiger partial charge in [0.1, 0.15) is 11.4 Å². The van der Waals surface area contributed by atoms with Gasteiger partial charge in [0, 0.05) is 12.8 Å². The normalized spacial score (nSPS) is 23.6. The van der Waals surface area contributed by atoms with E-state index in [4.69, 9.17) is 4.74 Å². The Labute approximate surface area is 177 Å². The van der Waals surface area contributed by atoms with Gasteiger partial charge in [0.25, 0.3) is 0 Å². The van der Waals surface area contributed by atoms with Gasteiger partial charge >= 0.3 is 6.09 Å². The van der Waals surface area contributed by atoms with Crippen LogP contribution in [0.3, 0.4) is 0 Å². The Kier molecular flexibility index (Phi) is 5.00. The van der Waals surface area contributed by atoms with Crippen LogP contribution < -0.4 is 4.90 Å². The van der Waals surface area contributed by atoms with Crippen LogP contribution in [0.4, 0.5) is 10.5 Å². The molecule has 0 bridgehead atoms. The van der Waals surface area contributed by atoms with E-state index in [1.54, 1.807) is 26.8 Å². The highest BCUT2D eigenvalue weighted by Gasteiger charge is 2.58. The number of rotatable bonds is 3. The Hall–Kier alpha value is -2.95. The maximum Gasteiger partial charge on any atom is 0.421 e. The molecular weight excluding hydrogens is 378 g/mol. The molecule has 0 aromatic heterocycles. The van der Waals surface area contributed by atoms with Crippen LogP contribution >= 0.6 is 0 Å². The SMILES string of the molecule is CC(C)(C)OC(=O)N1C(=O)C(Cc2ccccc2)(C2CCC(=O)C2)c2ccccc21. The van der Waals surface area contributed by atoms with Crippen LogP contribution in [0.1, 0.15) is 51.2 Å². The van der Waals surface area contributed by atoms with Gasteiger partial charge in [-0.15, -0.1) is 0 Å². The number of hydrogen-bond donors (Lipinski definition) is 0. The Balaban J connectivity index is 1.86. The van der Waals surface area contributed by atoms with Gasteiger partial charge in [-0.25, -0.2) is 9.69 Å². The first-order valence-corrected chi connectivity index (χ1v) is 10.4. The Morgan fingerprint density at radius 3 is 2.37 bits per heavy atom. The third-order valence-electron chi connectivity index (χ3n) is 6.05. The number of ether oxygens (including phenoxy) is 1. The molecule has 5 nitrogen and oxygen atoms in total. The first-order valence-electron chi connectivity index (χ1n) is 10.4. The summed E-state index contributed by atoms with van der Waals surface area (Å²) in [5, 5.41) is 0. The number of nitrogens with zero attached hydrogens (tertiary/aromatic N) is 1. The van der Waals surface area contributed by atoms with Crippen molar-refractivity contribution in [2.45, 2.75) is 57.5 Å². The molecule has 0 spiro atoms. The molecule has 2 atom stereocenters. The summed E-state index contributed by atoms with van der Waals surface area (Å²) in [4.78, 5) is 40.5. The van der Waals surface area contributed by atoms with Gasteiger partial charge in [0.05, 0.1) is 11.1 Å². The van der Waals surface area contributed by atoms with Crippen molar-refractivity contribution in [3.63, 3.8) is 0 Å². The van der Waals surface area contributed by atoms with Crippen molar-refractivity contribution in [2.24, 2.45) is 5.92 Å². The van der Waals surface area contributed by atoms with Crippen LogP contribution in [0.15, 0.2) is 54.6 Å². The van der Waals surface area contributed by atoms with Crippen molar-refractivity contribution in [3.05, 3.63) is 65.7 Å². The summed E-state index contributed by atoms with van der Waals surface area (Å²) in [5.41, 5.74) is 0.698. The van der Waals surface area contributed by atoms with Crippen molar-refractivity contribution < 1.29 is 19.1 Å². The number of carbonyl (C=O) groups excluding carboxylic acids is 3. The van der Waals surface area contributed by atoms with Crippen LogP contribution in [0.25, 0.3) is 0 Å². The minimum absolute atomic E-state index is 0.147. The molecule has 2 aromatic rings. The van der Waals surface area contributed by atoms with E-state index < -0.39 is 17.1 Å². The minimum atomic E-state index is -0.957. The molecule has 1 heterocycles. The lowest BCUT2D eigenvalue weighted by molar-refractivity contribution is -0.125. The van der Waals surface area contributed by atoms with E-state index in [0.29, 0.717) is 31.4 Å². The number of carbonyl (C=O) groups is 3. The van der Waals surface area contributed by atoms with Gasteiger partial charge in [0.15, 0.2) is 0 Å². The average molecular weight is 405 g/mol. The highest BCUT2D eigenvalue weighted by molar-refractivity contribution is 6.21.